The fraction of sp³-hybridized carbons (Fsp3) is 0.381. The van der Waals surface area contributed by atoms with E-state index >= 15 is 0 Å². The number of benzene rings is 1. The highest BCUT2D eigenvalue weighted by Gasteiger charge is 2.23. The first-order valence-corrected chi connectivity index (χ1v) is 11.5. The van der Waals surface area contributed by atoms with Crippen LogP contribution < -0.4 is 4.90 Å². The van der Waals surface area contributed by atoms with Crippen molar-refractivity contribution in [2.75, 3.05) is 31.1 Å². The Morgan fingerprint density at radius 3 is 2.70 bits per heavy atom. The van der Waals surface area contributed by atoms with E-state index in [0.717, 1.165) is 53.8 Å². The van der Waals surface area contributed by atoms with Crippen molar-refractivity contribution in [3.05, 3.63) is 56.8 Å². The predicted octanol–water partition coefficient (Wildman–Crippen LogP) is 4.53. The summed E-state index contributed by atoms with van der Waals surface area (Å²) in [6.07, 6.45) is 3.10. The summed E-state index contributed by atoms with van der Waals surface area (Å²) >= 11 is 13.8. The molecule has 0 radical (unpaired) electrons. The van der Waals surface area contributed by atoms with E-state index in [0.29, 0.717) is 23.0 Å². The van der Waals surface area contributed by atoms with Gasteiger partial charge in [-0.25, -0.2) is 9.67 Å². The molecule has 9 heteroatoms. The lowest BCUT2D eigenvalue weighted by atomic mass is 10.1. The number of aryl methyl sites for hydroxylation is 1. The molecule has 1 fully saturated rings. The molecule has 2 aromatic heterocycles. The van der Waals surface area contributed by atoms with Crippen molar-refractivity contribution in [1.82, 2.24) is 19.7 Å². The normalized spacial score (nSPS) is 14.8. The minimum atomic E-state index is 0.135. The van der Waals surface area contributed by atoms with Crippen LogP contribution in [0.15, 0.2) is 29.8 Å². The van der Waals surface area contributed by atoms with Crippen LogP contribution in [0.5, 0.6) is 0 Å². The highest BCUT2D eigenvalue weighted by molar-refractivity contribution is 7.13. The van der Waals surface area contributed by atoms with E-state index < -0.39 is 0 Å². The SMILES string of the molecule is Cc1nn(-c2ccc(Cl)c(Cl)c2)c(C)c1CC(=O)N1CCCN(c2nccs2)CC1. The maximum absolute atomic E-state index is 13.1. The van der Waals surface area contributed by atoms with E-state index in [1.165, 1.54) is 0 Å². The molecule has 3 heterocycles. The third kappa shape index (κ3) is 4.33. The molecule has 0 atom stereocenters. The van der Waals surface area contributed by atoms with E-state index in [2.05, 4.69) is 15.0 Å². The van der Waals surface area contributed by atoms with E-state index in [1.807, 2.05) is 41.1 Å². The average molecular weight is 464 g/mol. The van der Waals surface area contributed by atoms with E-state index in [-0.39, 0.29) is 5.91 Å². The molecule has 1 aliphatic heterocycles. The maximum atomic E-state index is 13.1. The zero-order chi connectivity index (χ0) is 21.3. The zero-order valence-corrected chi connectivity index (χ0v) is 19.3. The molecule has 1 aromatic carbocycles. The van der Waals surface area contributed by atoms with Gasteiger partial charge in [-0.2, -0.15) is 5.10 Å². The summed E-state index contributed by atoms with van der Waals surface area (Å²) in [6.45, 7) is 7.12. The predicted molar refractivity (Wildman–Crippen MR) is 122 cm³/mol. The first-order valence-electron chi connectivity index (χ1n) is 9.87. The minimum Gasteiger partial charge on any atom is -0.346 e. The van der Waals surface area contributed by atoms with E-state index in [9.17, 15) is 4.79 Å². The highest BCUT2D eigenvalue weighted by Crippen LogP contribution is 2.26. The molecule has 0 unspecified atom stereocenters. The van der Waals surface area contributed by atoms with Crippen molar-refractivity contribution in [1.29, 1.82) is 0 Å². The third-order valence-corrected chi connectivity index (χ3v) is 7.03. The number of amides is 1. The van der Waals surface area contributed by atoms with Gasteiger partial charge in [0.25, 0.3) is 0 Å². The monoisotopic (exact) mass is 463 g/mol. The van der Waals surface area contributed by atoms with Gasteiger partial charge in [-0.15, -0.1) is 11.3 Å². The summed E-state index contributed by atoms with van der Waals surface area (Å²) in [5.74, 6) is 0.135. The molecule has 0 saturated carbocycles. The largest absolute Gasteiger partial charge is 0.346 e. The first kappa shape index (κ1) is 21.2. The van der Waals surface area contributed by atoms with Crippen LogP contribution in [0.4, 0.5) is 5.13 Å². The molecular weight excluding hydrogens is 441 g/mol. The van der Waals surface area contributed by atoms with Crippen LogP contribution in [0.3, 0.4) is 0 Å². The van der Waals surface area contributed by atoms with Gasteiger partial charge in [-0.05, 0) is 38.5 Å². The summed E-state index contributed by atoms with van der Waals surface area (Å²) < 4.78 is 1.83. The molecule has 30 heavy (non-hydrogen) atoms. The number of thiazole rings is 1. The lowest BCUT2D eigenvalue weighted by molar-refractivity contribution is -0.130. The second kappa shape index (κ2) is 8.96. The topological polar surface area (TPSA) is 54.3 Å². The van der Waals surface area contributed by atoms with Gasteiger partial charge in [0.15, 0.2) is 5.13 Å². The van der Waals surface area contributed by atoms with Crippen LogP contribution in [0.1, 0.15) is 23.4 Å². The van der Waals surface area contributed by atoms with Crippen molar-refractivity contribution >= 4 is 45.6 Å². The highest BCUT2D eigenvalue weighted by atomic mass is 35.5. The molecule has 1 aliphatic rings. The third-order valence-electron chi connectivity index (χ3n) is 5.46. The van der Waals surface area contributed by atoms with Gasteiger partial charge in [0.1, 0.15) is 0 Å². The summed E-state index contributed by atoms with van der Waals surface area (Å²) in [4.78, 5) is 21.7. The zero-order valence-electron chi connectivity index (χ0n) is 16.9. The van der Waals surface area contributed by atoms with Crippen molar-refractivity contribution in [2.45, 2.75) is 26.7 Å². The smallest absolute Gasteiger partial charge is 0.227 e. The number of anilines is 1. The molecule has 4 rings (SSSR count). The first-order chi connectivity index (χ1) is 14.4. The van der Waals surface area contributed by atoms with Gasteiger partial charge in [-0.3, -0.25) is 4.79 Å². The van der Waals surface area contributed by atoms with Gasteiger partial charge < -0.3 is 9.80 Å². The molecule has 1 saturated heterocycles. The number of carbonyl (C=O) groups excluding carboxylic acids is 1. The number of halogens is 2. The Labute approximate surface area is 190 Å². The molecule has 0 spiro atoms. The minimum absolute atomic E-state index is 0.135. The van der Waals surface area contributed by atoms with Crippen LogP contribution >= 0.6 is 34.5 Å². The van der Waals surface area contributed by atoms with Crippen molar-refractivity contribution in [3.8, 4) is 5.69 Å². The fourth-order valence-electron chi connectivity index (χ4n) is 3.79. The summed E-state index contributed by atoms with van der Waals surface area (Å²) in [6, 6.07) is 5.42. The van der Waals surface area contributed by atoms with Crippen LogP contribution in [-0.2, 0) is 11.2 Å². The Balaban J connectivity index is 1.48. The van der Waals surface area contributed by atoms with E-state index in [1.54, 1.807) is 23.5 Å². The number of aromatic nitrogens is 3. The van der Waals surface area contributed by atoms with E-state index in [4.69, 9.17) is 23.2 Å². The number of rotatable bonds is 4. The van der Waals surface area contributed by atoms with Crippen molar-refractivity contribution in [2.24, 2.45) is 0 Å². The molecule has 0 aliphatic carbocycles. The van der Waals surface area contributed by atoms with Gasteiger partial charge in [0.2, 0.25) is 5.91 Å². The number of hydrogen-bond acceptors (Lipinski definition) is 5. The maximum Gasteiger partial charge on any atom is 0.227 e. The van der Waals surface area contributed by atoms with Crippen LogP contribution in [0.25, 0.3) is 5.69 Å². The number of carbonyl (C=O) groups is 1. The second-order valence-electron chi connectivity index (χ2n) is 7.37. The fourth-order valence-corrected chi connectivity index (χ4v) is 4.78. The lowest BCUT2D eigenvalue weighted by Crippen LogP contribution is -2.36. The van der Waals surface area contributed by atoms with Gasteiger partial charge in [0.05, 0.1) is 27.8 Å². The van der Waals surface area contributed by atoms with Gasteiger partial charge in [0, 0.05) is 49.0 Å². The summed E-state index contributed by atoms with van der Waals surface area (Å²) in [7, 11) is 0. The molecule has 3 aromatic rings. The number of hydrogen-bond donors (Lipinski definition) is 0. The molecule has 0 bridgehead atoms. The average Bonchev–Trinajstić information content (AvgIpc) is 3.27. The Morgan fingerprint density at radius 1 is 1.13 bits per heavy atom. The quantitative estimate of drug-likeness (QED) is 0.569. The summed E-state index contributed by atoms with van der Waals surface area (Å²) in [5, 5.41) is 8.64. The van der Waals surface area contributed by atoms with Crippen LogP contribution in [0, 0.1) is 13.8 Å². The molecule has 1 amide bonds. The molecular formula is C21H23Cl2N5OS. The second-order valence-corrected chi connectivity index (χ2v) is 9.06. The standard InChI is InChI=1S/C21H23Cl2N5OS/c1-14-17(15(2)28(25-14)16-4-5-18(22)19(23)12-16)13-20(29)26-7-3-8-27(10-9-26)21-24-6-11-30-21/h4-6,11-12H,3,7-10,13H2,1-2H3. The Bertz CT molecular complexity index is 1050. The Hall–Kier alpha value is -2.09. The number of nitrogens with zero attached hydrogens (tertiary/aromatic N) is 5. The van der Waals surface area contributed by atoms with Gasteiger partial charge in [-0.1, -0.05) is 23.2 Å². The molecule has 0 N–H and O–H groups in total. The van der Waals surface area contributed by atoms with Crippen LogP contribution in [-0.4, -0.2) is 51.8 Å². The summed E-state index contributed by atoms with van der Waals surface area (Å²) in [5.41, 5.74) is 3.59. The van der Waals surface area contributed by atoms with Crippen molar-refractivity contribution in [3.63, 3.8) is 0 Å². The van der Waals surface area contributed by atoms with Crippen molar-refractivity contribution < 1.29 is 4.79 Å². The Morgan fingerprint density at radius 2 is 1.97 bits per heavy atom. The Kier molecular flexibility index (Phi) is 6.32. The van der Waals surface area contributed by atoms with Crippen LogP contribution in [0.2, 0.25) is 10.0 Å². The van der Waals surface area contributed by atoms with Gasteiger partial charge >= 0.3 is 0 Å². The lowest BCUT2D eigenvalue weighted by Gasteiger charge is -2.22. The molecule has 6 nitrogen and oxygen atoms in total. The molecule has 158 valence electrons.